The lowest BCUT2D eigenvalue weighted by Crippen LogP contribution is -2.66. The molecule has 0 aromatic heterocycles. The lowest BCUT2D eigenvalue weighted by atomic mass is 9.69. The summed E-state index contributed by atoms with van der Waals surface area (Å²) in [5.41, 5.74) is 0. The quantitative estimate of drug-likeness (QED) is 0.197. The van der Waals surface area contributed by atoms with Crippen LogP contribution < -0.4 is 21.3 Å². The summed E-state index contributed by atoms with van der Waals surface area (Å²) in [7, 11) is 4.04. The summed E-state index contributed by atoms with van der Waals surface area (Å²) in [6.07, 6.45) is 7.69. The maximum Gasteiger partial charge on any atom is 0.220 e. The molecule has 42 heavy (non-hydrogen) atoms. The molecule has 0 aromatic rings. The van der Waals surface area contributed by atoms with Crippen LogP contribution in [0.15, 0.2) is 0 Å². The molecule has 11 atom stereocenters. The van der Waals surface area contributed by atoms with Crippen LogP contribution in [-0.2, 0) is 14.3 Å². The maximum absolute atomic E-state index is 12.9. The number of hydrogen-bond donors (Lipinski definition) is 5. The average molecular weight is 611 g/mol. The molecule has 2 aliphatic heterocycles. The van der Waals surface area contributed by atoms with Crippen LogP contribution >= 0.6 is 11.6 Å². The van der Waals surface area contributed by atoms with E-state index in [1.165, 1.54) is 0 Å². The minimum atomic E-state index is -0.169. The van der Waals surface area contributed by atoms with E-state index >= 15 is 0 Å². The van der Waals surface area contributed by atoms with Crippen molar-refractivity contribution in [3.05, 3.63) is 0 Å². The number of halogens is 1. The first-order valence-corrected chi connectivity index (χ1v) is 16.8. The second-order valence-corrected chi connectivity index (χ2v) is 13.7. The SMILES string of the molecule is CCOC1CC2NCC(C#N)C(NC3CCC(OCC4NCCCC4CO)CC3Cl)C2CC1NC(=O)CCCN(C)C. The summed E-state index contributed by atoms with van der Waals surface area (Å²) in [6, 6.07) is 3.00. The predicted octanol–water partition coefficient (Wildman–Crippen LogP) is 1.60. The van der Waals surface area contributed by atoms with Crippen LogP contribution in [0.1, 0.15) is 64.7 Å². The molecule has 11 heteroatoms. The fraction of sp³-hybridized carbons (Fsp3) is 0.935. The fourth-order valence-corrected chi connectivity index (χ4v) is 8.02. The summed E-state index contributed by atoms with van der Waals surface area (Å²) in [4.78, 5) is 15.0. The van der Waals surface area contributed by atoms with Crippen LogP contribution in [-0.4, -0.2) is 117 Å². The van der Waals surface area contributed by atoms with E-state index < -0.39 is 0 Å². The van der Waals surface area contributed by atoms with Crippen LogP contribution in [0.25, 0.3) is 0 Å². The number of aliphatic hydroxyl groups is 1. The van der Waals surface area contributed by atoms with Gasteiger partial charge in [-0.1, -0.05) is 0 Å². The number of ether oxygens (including phenoxy) is 2. The molecule has 0 aromatic carbocycles. The zero-order chi connectivity index (χ0) is 30.1. The Morgan fingerprint density at radius 1 is 1.14 bits per heavy atom. The summed E-state index contributed by atoms with van der Waals surface area (Å²) < 4.78 is 12.4. The molecule has 1 amide bonds. The largest absolute Gasteiger partial charge is 0.396 e. The van der Waals surface area contributed by atoms with Gasteiger partial charge in [-0.15, -0.1) is 11.6 Å². The van der Waals surface area contributed by atoms with Crippen molar-refractivity contribution in [2.45, 2.75) is 113 Å². The van der Waals surface area contributed by atoms with Gasteiger partial charge < -0.3 is 40.7 Å². The average Bonchev–Trinajstić information content (AvgIpc) is 2.97. The van der Waals surface area contributed by atoms with E-state index in [4.69, 9.17) is 21.1 Å². The van der Waals surface area contributed by atoms with E-state index in [0.29, 0.717) is 26.2 Å². The van der Waals surface area contributed by atoms with Gasteiger partial charge in [0.1, 0.15) is 0 Å². The van der Waals surface area contributed by atoms with Crippen LogP contribution in [0, 0.1) is 29.1 Å². The molecule has 2 saturated heterocycles. The van der Waals surface area contributed by atoms with Gasteiger partial charge in [0.05, 0.1) is 42.2 Å². The molecule has 2 aliphatic carbocycles. The normalized spacial score (nSPS) is 38.9. The summed E-state index contributed by atoms with van der Waals surface area (Å²) in [6.45, 7) is 5.91. The number of amides is 1. The Morgan fingerprint density at radius 3 is 2.69 bits per heavy atom. The van der Waals surface area contributed by atoms with Gasteiger partial charge in [-0.25, -0.2) is 0 Å². The summed E-state index contributed by atoms with van der Waals surface area (Å²) >= 11 is 7.00. The number of aliphatic hydroxyl groups excluding tert-OH is 1. The van der Waals surface area contributed by atoms with E-state index in [2.05, 4.69) is 32.2 Å². The predicted molar refractivity (Wildman–Crippen MR) is 164 cm³/mol. The minimum absolute atomic E-state index is 0.00237. The zero-order valence-corrected chi connectivity index (χ0v) is 26.7. The number of carbonyl (C=O) groups is 1. The van der Waals surface area contributed by atoms with Gasteiger partial charge in [-0.05, 0) is 97.3 Å². The van der Waals surface area contributed by atoms with Gasteiger partial charge in [0.15, 0.2) is 0 Å². The number of nitrogens with one attached hydrogen (secondary N) is 4. The molecule has 11 unspecified atom stereocenters. The third-order valence-electron chi connectivity index (χ3n) is 9.98. The number of fused-ring (bicyclic) bond motifs is 1. The molecule has 4 fully saturated rings. The Bertz CT molecular complexity index is 877. The highest BCUT2D eigenvalue weighted by molar-refractivity contribution is 6.21. The Morgan fingerprint density at radius 2 is 1.98 bits per heavy atom. The van der Waals surface area contributed by atoms with Gasteiger partial charge in [0.25, 0.3) is 0 Å². The Labute approximate surface area is 258 Å². The fourth-order valence-electron chi connectivity index (χ4n) is 7.62. The van der Waals surface area contributed by atoms with Crippen molar-refractivity contribution in [3.8, 4) is 6.07 Å². The Hall–Kier alpha value is -1.03. The highest BCUT2D eigenvalue weighted by atomic mass is 35.5. The number of hydrogen-bond acceptors (Lipinski definition) is 9. The Balaban J connectivity index is 1.34. The number of nitriles is 1. The molecule has 2 saturated carbocycles. The van der Waals surface area contributed by atoms with Crippen LogP contribution in [0.5, 0.6) is 0 Å². The number of alkyl halides is 1. The molecule has 0 bridgehead atoms. The zero-order valence-electron chi connectivity index (χ0n) is 25.9. The molecule has 2 heterocycles. The van der Waals surface area contributed by atoms with Crippen LogP contribution in [0.3, 0.4) is 0 Å². The molecule has 5 N–H and O–H groups in total. The van der Waals surface area contributed by atoms with Gasteiger partial charge in [-0.3, -0.25) is 4.79 Å². The van der Waals surface area contributed by atoms with Gasteiger partial charge in [0, 0.05) is 50.3 Å². The van der Waals surface area contributed by atoms with Gasteiger partial charge >= 0.3 is 0 Å². The molecule has 10 nitrogen and oxygen atoms in total. The maximum atomic E-state index is 12.9. The minimum Gasteiger partial charge on any atom is -0.396 e. The number of rotatable bonds is 13. The lowest BCUT2D eigenvalue weighted by molar-refractivity contribution is -0.124. The molecular weight excluding hydrogens is 556 g/mol. The monoisotopic (exact) mass is 610 g/mol. The van der Waals surface area contributed by atoms with E-state index in [9.17, 15) is 15.2 Å². The van der Waals surface area contributed by atoms with Gasteiger partial charge in [0.2, 0.25) is 5.91 Å². The Kier molecular flexibility index (Phi) is 13.6. The molecular formula is C31H55ClN6O4. The number of carbonyl (C=O) groups excluding carboxylic acids is 1. The van der Waals surface area contributed by atoms with Crippen molar-refractivity contribution in [1.82, 2.24) is 26.2 Å². The van der Waals surface area contributed by atoms with E-state index in [1.54, 1.807) is 0 Å². The summed E-state index contributed by atoms with van der Waals surface area (Å²) in [5.74, 6) is 0.349. The topological polar surface area (TPSA) is 131 Å². The van der Waals surface area contributed by atoms with Crippen molar-refractivity contribution in [2.75, 3.05) is 53.6 Å². The standard InChI is InChI=1S/C31H55ClN6O4/c1-4-41-29-15-26-23(14-27(29)36-30(40)8-6-12-38(2)3)31(21(16-33)17-35-26)37-25-10-9-22(13-24(25)32)42-19-28-20(18-39)7-5-11-34-28/h20-29,31,34-35,37,39H,4-15,17-19H2,1-3H3,(H,36,40). The van der Waals surface area contributed by atoms with Crippen molar-refractivity contribution < 1.29 is 19.4 Å². The first kappa shape index (κ1) is 33.9. The molecule has 0 radical (unpaired) electrons. The second-order valence-electron chi connectivity index (χ2n) is 13.2. The smallest absolute Gasteiger partial charge is 0.220 e. The van der Waals surface area contributed by atoms with E-state index in [1.807, 2.05) is 21.0 Å². The van der Waals surface area contributed by atoms with Crippen molar-refractivity contribution in [1.29, 1.82) is 5.26 Å². The number of nitrogens with zero attached hydrogens (tertiary/aromatic N) is 2. The molecule has 0 spiro atoms. The number of piperidine rings is 2. The second kappa shape index (κ2) is 16.9. The first-order valence-electron chi connectivity index (χ1n) is 16.4. The molecule has 4 aliphatic rings. The lowest BCUT2D eigenvalue weighted by Gasteiger charge is -2.50. The highest BCUT2D eigenvalue weighted by Crippen LogP contribution is 2.37. The van der Waals surface area contributed by atoms with Crippen LogP contribution in [0.2, 0.25) is 0 Å². The molecule has 240 valence electrons. The van der Waals surface area contributed by atoms with E-state index in [-0.39, 0.29) is 78.1 Å². The third-order valence-corrected chi connectivity index (χ3v) is 10.5. The van der Waals surface area contributed by atoms with Crippen molar-refractivity contribution in [3.63, 3.8) is 0 Å². The van der Waals surface area contributed by atoms with Crippen molar-refractivity contribution >= 4 is 17.5 Å². The molecule has 4 rings (SSSR count). The van der Waals surface area contributed by atoms with Crippen molar-refractivity contribution in [2.24, 2.45) is 17.8 Å². The first-order chi connectivity index (χ1) is 20.3. The third kappa shape index (κ3) is 9.24. The highest BCUT2D eigenvalue weighted by Gasteiger charge is 2.48. The van der Waals surface area contributed by atoms with Gasteiger partial charge in [-0.2, -0.15) is 5.26 Å². The van der Waals surface area contributed by atoms with Crippen LogP contribution in [0.4, 0.5) is 0 Å². The van der Waals surface area contributed by atoms with E-state index in [0.717, 1.165) is 64.5 Å². The summed E-state index contributed by atoms with van der Waals surface area (Å²) in [5, 5.41) is 34.1.